The number of benzene rings is 1. The maximum atomic E-state index is 9.68. The van der Waals surface area contributed by atoms with Gasteiger partial charge in [-0.2, -0.15) is 0 Å². The van der Waals surface area contributed by atoms with Gasteiger partial charge in [0.1, 0.15) is 0 Å². The van der Waals surface area contributed by atoms with E-state index < -0.39 is 0 Å². The summed E-state index contributed by atoms with van der Waals surface area (Å²) in [7, 11) is 0. The van der Waals surface area contributed by atoms with Crippen molar-refractivity contribution < 1.29 is 5.11 Å². The van der Waals surface area contributed by atoms with Gasteiger partial charge in [-0.3, -0.25) is 4.90 Å². The molecule has 2 rings (SSSR count). The Morgan fingerprint density at radius 2 is 1.65 bits per heavy atom. The monoisotopic (exact) mass is 233 g/mol. The lowest BCUT2D eigenvalue weighted by atomic mass is 9.95. The fraction of sp³-hybridized carbons (Fsp3) is 0.600. The quantitative estimate of drug-likeness (QED) is 0.867. The molecule has 0 aromatic heterocycles. The molecular formula is C15H23NO. The standard InChI is InChI=1S/C15H23NO/c1-11-8-13(3)14(9-12(11)2)15(10-17)16-6-4-5-7-16/h8-9,15,17H,4-7,10H2,1-3H3. The van der Waals surface area contributed by atoms with Crippen LogP contribution in [0.25, 0.3) is 0 Å². The molecule has 0 bridgehead atoms. The van der Waals surface area contributed by atoms with Crippen LogP contribution in [-0.2, 0) is 0 Å². The third-order valence-electron chi connectivity index (χ3n) is 4.00. The molecule has 1 aromatic rings. The first-order valence-corrected chi connectivity index (χ1v) is 6.56. The van der Waals surface area contributed by atoms with Crippen molar-refractivity contribution in [2.75, 3.05) is 19.7 Å². The normalized spacial score (nSPS) is 18.6. The number of hydrogen-bond donors (Lipinski definition) is 1. The van der Waals surface area contributed by atoms with Crippen molar-refractivity contribution in [3.63, 3.8) is 0 Å². The average Bonchev–Trinajstić information content (AvgIpc) is 2.80. The van der Waals surface area contributed by atoms with Gasteiger partial charge in [0, 0.05) is 0 Å². The first-order valence-electron chi connectivity index (χ1n) is 6.56. The van der Waals surface area contributed by atoms with E-state index in [1.54, 1.807) is 0 Å². The molecule has 1 fully saturated rings. The molecule has 0 amide bonds. The second kappa shape index (κ2) is 5.19. The Kier molecular flexibility index (Phi) is 3.85. The Morgan fingerprint density at radius 3 is 2.24 bits per heavy atom. The van der Waals surface area contributed by atoms with Gasteiger partial charge < -0.3 is 5.11 Å². The van der Waals surface area contributed by atoms with Crippen LogP contribution in [0.3, 0.4) is 0 Å². The van der Waals surface area contributed by atoms with Crippen LogP contribution in [-0.4, -0.2) is 29.7 Å². The molecule has 1 aliphatic heterocycles. The van der Waals surface area contributed by atoms with E-state index in [4.69, 9.17) is 0 Å². The number of aryl methyl sites for hydroxylation is 3. The fourth-order valence-electron chi connectivity index (χ4n) is 2.81. The van der Waals surface area contributed by atoms with Gasteiger partial charge >= 0.3 is 0 Å². The molecule has 1 atom stereocenters. The third kappa shape index (κ3) is 2.53. The molecule has 0 radical (unpaired) electrons. The highest BCUT2D eigenvalue weighted by molar-refractivity contribution is 5.38. The van der Waals surface area contributed by atoms with Crippen LogP contribution in [0.2, 0.25) is 0 Å². The van der Waals surface area contributed by atoms with Gasteiger partial charge in [0.15, 0.2) is 0 Å². The molecule has 0 saturated carbocycles. The molecule has 1 heterocycles. The summed E-state index contributed by atoms with van der Waals surface area (Å²) in [6.07, 6.45) is 2.53. The minimum Gasteiger partial charge on any atom is -0.394 e. The van der Waals surface area contributed by atoms with E-state index >= 15 is 0 Å². The SMILES string of the molecule is Cc1cc(C)c(C(CO)N2CCCC2)cc1C. The Labute approximate surface area is 104 Å². The van der Waals surface area contributed by atoms with Gasteiger partial charge in [0.05, 0.1) is 12.6 Å². The molecule has 1 unspecified atom stereocenters. The van der Waals surface area contributed by atoms with Crippen LogP contribution in [0, 0.1) is 20.8 Å². The maximum Gasteiger partial charge on any atom is 0.0628 e. The van der Waals surface area contributed by atoms with E-state index in [1.165, 1.54) is 35.1 Å². The topological polar surface area (TPSA) is 23.5 Å². The van der Waals surface area contributed by atoms with Gasteiger partial charge in [0.25, 0.3) is 0 Å². The number of nitrogens with zero attached hydrogens (tertiary/aromatic N) is 1. The summed E-state index contributed by atoms with van der Waals surface area (Å²) < 4.78 is 0. The summed E-state index contributed by atoms with van der Waals surface area (Å²) in [5.41, 5.74) is 5.27. The molecule has 0 spiro atoms. The number of rotatable bonds is 3. The molecule has 1 aromatic carbocycles. The van der Waals surface area contributed by atoms with Crippen molar-refractivity contribution >= 4 is 0 Å². The van der Waals surface area contributed by atoms with Crippen molar-refractivity contribution in [3.8, 4) is 0 Å². The Morgan fingerprint density at radius 1 is 1.06 bits per heavy atom. The smallest absolute Gasteiger partial charge is 0.0628 e. The number of likely N-dealkylation sites (tertiary alicyclic amines) is 1. The second-order valence-electron chi connectivity index (χ2n) is 5.23. The van der Waals surface area contributed by atoms with Crippen molar-refractivity contribution in [3.05, 3.63) is 34.4 Å². The zero-order valence-corrected chi connectivity index (χ0v) is 11.2. The lowest BCUT2D eigenvalue weighted by molar-refractivity contribution is 0.146. The van der Waals surface area contributed by atoms with Gasteiger partial charge in [0.2, 0.25) is 0 Å². The van der Waals surface area contributed by atoms with E-state index in [1.807, 2.05) is 0 Å². The van der Waals surface area contributed by atoms with E-state index in [0.29, 0.717) is 0 Å². The van der Waals surface area contributed by atoms with Crippen LogP contribution in [0.4, 0.5) is 0 Å². The zero-order valence-electron chi connectivity index (χ0n) is 11.2. The van der Waals surface area contributed by atoms with Crippen LogP contribution in [0.15, 0.2) is 12.1 Å². The molecule has 1 N–H and O–H groups in total. The Hall–Kier alpha value is -0.860. The maximum absolute atomic E-state index is 9.68. The summed E-state index contributed by atoms with van der Waals surface area (Å²) in [5, 5.41) is 9.68. The predicted octanol–water partition coefficient (Wildman–Crippen LogP) is 2.74. The summed E-state index contributed by atoms with van der Waals surface area (Å²) in [6, 6.07) is 4.68. The average molecular weight is 233 g/mol. The number of hydrogen-bond acceptors (Lipinski definition) is 2. The van der Waals surface area contributed by atoms with Crippen LogP contribution in [0.1, 0.15) is 41.1 Å². The van der Waals surface area contributed by atoms with Gasteiger partial charge in [-0.05, 0) is 69.0 Å². The molecule has 17 heavy (non-hydrogen) atoms. The second-order valence-corrected chi connectivity index (χ2v) is 5.23. The minimum absolute atomic E-state index is 0.191. The lowest BCUT2D eigenvalue weighted by Crippen LogP contribution is -2.29. The van der Waals surface area contributed by atoms with E-state index in [0.717, 1.165) is 13.1 Å². The number of aliphatic hydroxyl groups is 1. The Bertz CT molecular complexity index is 394. The largest absolute Gasteiger partial charge is 0.394 e. The van der Waals surface area contributed by atoms with Gasteiger partial charge in [-0.25, -0.2) is 0 Å². The van der Waals surface area contributed by atoms with Gasteiger partial charge in [-0.1, -0.05) is 12.1 Å². The molecule has 2 nitrogen and oxygen atoms in total. The van der Waals surface area contributed by atoms with E-state index in [9.17, 15) is 5.11 Å². The predicted molar refractivity (Wildman–Crippen MR) is 71.3 cm³/mol. The molecule has 1 saturated heterocycles. The fourth-order valence-corrected chi connectivity index (χ4v) is 2.81. The highest BCUT2D eigenvalue weighted by Crippen LogP contribution is 2.28. The van der Waals surface area contributed by atoms with E-state index in [2.05, 4.69) is 37.8 Å². The van der Waals surface area contributed by atoms with E-state index in [-0.39, 0.29) is 12.6 Å². The van der Waals surface area contributed by atoms with Crippen molar-refractivity contribution in [2.45, 2.75) is 39.7 Å². The summed E-state index contributed by atoms with van der Waals surface area (Å²) >= 11 is 0. The number of aliphatic hydroxyl groups excluding tert-OH is 1. The molecule has 0 aliphatic carbocycles. The highest BCUT2D eigenvalue weighted by Gasteiger charge is 2.24. The van der Waals surface area contributed by atoms with Crippen molar-refractivity contribution in [1.29, 1.82) is 0 Å². The first kappa shape index (κ1) is 12.6. The minimum atomic E-state index is 0.191. The Balaban J connectivity index is 2.32. The van der Waals surface area contributed by atoms with Gasteiger partial charge in [-0.15, -0.1) is 0 Å². The van der Waals surface area contributed by atoms with Crippen LogP contribution >= 0.6 is 0 Å². The van der Waals surface area contributed by atoms with Crippen molar-refractivity contribution in [2.24, 2.45) is 0 Å². The van der Waals surface area contributed by atoms with Crippen LogP contribution in [0.5, 0.6) is 0 Å². The summed E-state index contributed by atoms with van der Waals surface area (Å²) in [5.74, 6) is 0. The molecule has 1 aliphatic rings. The third-order valence-corrected chi connectivity index (χ3v) is 4.00. The summed E-state index contributed by atoms with van der Waals surface area (Å²) in [4.78, 5) is 2.41. The molecular weight excluding hydrogens is 210 g/mol. The van der Waals surface area contributed by atoms with Crippen molar-refractivity contribution in [1.82, 2.24) is 4.90 Å². The summed E-state index contributed by atoms with van der Waals surface area (Å²) in [6.45, 7) is 8.92. The van der Waals surface area contributed by atoms with Crippen LogP contribution < -0.4 is 0 Å². The molecule has 2 heteroatoms. The first-order chi connectivity index (χ1) is 8.13. The highest BCUT2D eigenvalue weighted by atomic mass is 16.3. The molecule has 94 valence electrons. The lowest BCUT2D eigenvalue weighted by Gasteiger charge is -2.28. The zero-order chi connectivity index (χ0) is 12.4.